The summed E-state index contributed by atoms with van der Waals surface area (Å²) in [5.41, 5.74) is 2.26. The van der Waals surface area contributed by atoms with Gasteiger partial charge in [0.2, 0.25) is 0 Å². The van der Waals surface area contributed by atoms with Gasteiger partial charge in [-0.3, -0.25) is 0 Å². The first-order chi connectivity index (χ1) is 9.62. The van der Waals surface area contributed by atoms with E-state index in [4.69, 9.17) is 14.7 Å². The lowest BCUT2D eigenvalue weighted by atomic mass is 10.1. The molecule has 1 N–H and O–H groups in total. The molecule has 2 aromatic carbocycles. The highest BCUT2D eigenvalue weighted by molar-refractivity contribution is 5.45. The zero-order chi connectivity index (χ0) is 14.5. The van der Waals surface area contributed by atoms with Gasteiger partial charge in [-0.25, -0.2) is 0 Å². The molecule has 102 valence electrons. The molecule has 0 fully saturated rings. The number of hydrogen-bond donors (Lipinski definition) is 1. The van der Waals surface area contributed by atoms with Gasteiger partial charge in [0, 0.05) is 6.07 Å². The predicted octanol–water partition coefficient (Wildman–Crippen LogP) is 3.16. The molecule has 0 atom stereocenters. The van der Waals surface area contributed by atoms with Crippen LogP contribution in [0.25, 0.3) is 0 Å². The molecule has 4 heteroatoms. The molecule has 0 heterocycles. The number of benzene rings is 2. The van der Waals surface area contributed by atoms with E-state index in [2.05, 4.69) is 6.07 Å². The van der Waals surface area contributed by atoms with Crippen molar-refractivity contribution in [2.45, 2.75) is 13.5 Å². The maximum Gasteiger partial charge on any atom is 0.136 e. The topological polar surface area (TPSA) is 62.5 Å². The van der Waals surface area contributed by atoms with Crippen LogP contribution in [0.2, 0.25) is 0 Å². The second kappa shape index (κ2) is 5.98. The molecule has 2 aromatic rings. The monoisotopic (exact) mass is 269 g/mol. The van der Waals surface area contributed by atoms with E-state index in [1.165, 1.54) is 7.11 Å². The number of aromatic hydroxyl groups is 1. The molecular formula is C16H15NO3. The van der Waals surface area contributed by atoms with E-state index in [0.717, 1.165) is 11.1 Å². The Bertz CT molecular complexity index is 639. The van der Waals surface area contributed by atoms with Crippen molar-refractivity contribution in [3.05, 3.63) is 53.1 Å². The van der Waals surface area contributed by atoms with E-state index in [-0.39, 0.29) is 5.75 Å². The lowest BCUT2D eigenvalue weighted by molar-refractivity contribution is 0.304. The summed E-state index contributed by atoms with van der Waals surface area (Å²) in [5.74, 6) is 1.31. The van der Waals surface area contributed by atoms with Crippen molar-refractivity contribution in [1.82, 2.24) is 0 Å². The third-order valence-electron chi connectivity index (χ3n) is 2.83. The van der Waals surface area contributed by atoms with Crippen LogP contribution in [0.4, 0.5) is 0 Å². The molecule has 0 aliphatic heterocycles. The first-order valence-electron chi connectivity index (χ1n) is 6.13. The fraction of sp³-hybridized carbons (Fsp3) is 0.188. The SMILES string of the molecule is COc1ccc(COc2cc(C)cc(O)c2)cc1C#N. The molecule has 0 saturated heterocycles. The number of rotatable bonds is 4. The fourth-order valence-electron chi connectivity index (χ4n) is 1.91. The van der Waals surface area contributed by atoms with Gasteiger partial charge in [-0.15, -0.1) is 0 Å². The first-order valence-corrected chi connectivity index (χ1v) is 6.13. The Labute approximate surface area is 117 Å². The first kappa shape index (κ1) is 13.8. The largest absolute Gasteiger partial charge is 0.508 e. The third-order valence-corrected chi connectivity index (χ3v) is 2.83. The van der Waals surface area contributed by atoms with Crippen LogP contribution in [0.5, 0.6) is 17.2 Å². The zero-order valence-corrected chi connectivity index (χ0v) is 11.4. The zero-order valence-electron chi connectivity index (χ0n) is 11.4. The Kier molecular flexibility index (Phi) is 4.11. The Hall–Kier alpha value is -2.67. The van der Waals surface area contributed by atoms with Crippen LogP contribution in [-0.4, -0.2) is 12.2 Å². The second-order valence-electron chi connectivity index (χ2n) is 4.44. The molecule has 0 bridgehead atoms. The summed E-state index contributed by atoms with van der Waals surface area (Å²) < 4.78 is 10.7. The van der Waals surface area contributed by atoms with Crippen LogP contribution in [0.3, 0.4) is 0 Å². The summed E-state index contributed by atoms with van der Waals surface area (Å²) in [4.78, 5) is 0. The van der Waals surface area contributed by atoms with Gasteiger partial charge in [0.05, 0.1) is 12.7 Å². The van der Waals surface area contributed by atoms with Crippen LogP contribution in [0.1, 0.15) is 16.7 Å². The van der Waals surface area contributed by atoms with Crippen molar-refractivity contribution < 1.29 is 14.6 Å². The minimum atomic E-state index is 0.174. The molecular weight excluding hydrogens is 254 g/mol. The summed E-state index contributed by atoms with van der Waals surface area (Å²) >= 11 is 0. The van der Waals surface area contributed by atoms with E-state index < -0.39 is 0 Å². The van der Waals surface area contributed by atoms with E-state index in [9.17, 15) is 5.11 Å². The van der Waals surface area contributed by atoms with Crippen molar-refractivity contribution in [2.75, 3.05) is 7.11 Å². The number of ether oxygens (including phenoxy) is 2. The van der Waals surface area contributed by atoms with Gasteiger partial charge in [-0.1, -0.05) is 6.07 Å². The molecule has 20 heavy (non-hydrogen) atoms. The maximum atomic E-state index is 9.50. The highest BCUT2D eigenvalue weighted by Crippen LogP contribution is 2.23. The molecule has 0 spiro atoms. The van der Waals surface area contributed by atoms with Crippen LogP contribution in [-0.2, 0) is 6.61 Å². The van der Waals surface area contributed by atoms with Crippen LogP contribution < -0.4 is 9.47 Å². The van der Waals surface area contributed by atoms with Crippen molar-refractivity contribution in [2.24, 2.45) is 0 Å². The lowest BCUT2D eigenvalue weighted by Crippen LogP contribution is -1.97. The van der Waals surface area contributed by atoms with Gasteiger partial charge >= 0.3 is 0 Å². The average molecular weight is 269 g/mol. The summed E-state index contributed by atoms with van der Waals surface area (Å²) in [7, 11) is 1.53. The summed E-state index contributed by atoms with van der Waals surface area (Å²) in [5, 5.41) is 18.5. The highest BCUT2D eigenvalue weighted by Gasteiger charge is 2.05. The summed E-state index contributed by atoms with van der Waals surface area (Å²) in [6, 6.07) is 12.5. The summed E-state index contributed by atoms with van der Waals surface area (Å²) in [6.07, 6.45) is 0. The predicted molar refractivity (Wildman–Crippen MR) is 74.9 cm³/mol. The molecule has 0 saturated carbocycles. The fourth-order valence-corrected chi connectivity index (χ4v) is 1.91. The molecule has 4 nitrogen and oxygen atoms in total. The minimum absolute atomic E-state index is 0.174. The molecule has 0 amide bonds. The van der Waals surface area contributed by atoms with Crippen molar-refractivity contribution in [3.63, 3.8) is 0 Å². The van der Waals surface area contributed by atoms with Gasteiger partial charge in [0.15, 0.2) is 0 Å². The number of hydrogen-bond acceptors (Lipinski definition) is 4. The quantitative estimate of drug-likeness (QED) is 0.926. The second-order valence-corrected chi connectivity index (χ2v) is 4.44. The number of phenols is 1. The molecule has 0 aromatic heterocycles. The lowest BCUT2D eigenvalue weighted by Gasteiger charge is -2.09. The van der Waals surface area contributed by atoms with Crippen molar-refractivity contribution in [1.29, 1.82) is 5.26 Å². The number of phenolic OH excluding ortho intramolecular Hbond substituents is 1. The molecule has 2 rings (SSSR count). The van der Waals surface area contributed by atoms with E-state index >= 15 is 0 Å². The Balaban J connectivity index is 2.13. The summed E-state index contributed by atoms with van der Waals surface area (Å²) in [6.45, 7) is 2.20. The van der Waals surface area contributed by atoms with Gasteiger partial charge in [-0.2, -0.15) is 5.26 Å². The van der Waals surface area contributed by atoms with Crippen LogP contribution >= 0.6 is 0 Å². The van der Waals surface area contributed by atoms with E-state index in [1.807, 2.05) is 19.1 Å². The molecule has 0 aliphatic carbocycles. The Morgan fingerprint density at radius 3 is 2.65 bits per heavy atom. The van der Waals surface area contributed by atoms with E-state index in [1.54, 1.807) is 24.3 Å². The Morgan fingerprint density at radius 2 is 2.00 bits per heavy atom. The maximum absolute atomic E-state index is 9.50. The average Bonchev–Trinajstić information content (AvgIpc) is 2.43. The Morgan fingerprint density at radius 1 is 1.20 bits per heavy atom. The van der Waals surface area contributed by atoms with Crippen LogP contribution in [0, 0.1) is 18.3 Å². The van der Waals surface area contributed by atoms with Gasteiger partial charge in [0.1, 0.15) is 29.9 Å². The number of methoxy groups -OCH3 is 1. The number of aryl methyl sites for hydroxylation is 1. The van der Waals surface area contributed by atoms with Crippen LogP contribution in [0.15, 0.2) is 36.4 Å². The number of nitrogens with zero attached hydrogens (tertiary/aromatic N) is 1. The van der Waals surface area contributed by atoms with Crippen molar-refractivity contribution >= 4 is 0 Å². The normalized spacial score (nSPS) is 9.85. The highest BCUT2D eigenvalue weighted by atomic mass is 16.5. The van der Waals surface area contributed by atoms with Crippen molar-refractivity contribution in [3.8, 4) is 23.3 Å². The van der Waals surface area contributed by atoms with E-state index in [0.29, 0.717) is 23.7 Å². The molecule has 0 radical (unpaired) electrons. The van der Waals surface area contributed by atoms with Gasteiger partial charge < -0.3 is 14.6 Å². The standard InChI is InChI=1S/C16H15NO3/c1-11-5-14(18)8-15(6-11)20-10-12-3-4-16(19-2)13(7-12)9-17/h3-8,18H,10H2,1-2H3. The third kappa shape index (κ3) is 3.21. The smallest absolute Gasteiger partial charge is 0.136 e. The van der Waals surface area contributed by atoms with Gasteiger partial charge in [0.25, 0.3) is 0 Å². The minimum Gasteiger partial charge on any atom is -0.508 e. The molecule has 0 aliphatic rings. The van der Waals surface area contributed by atoms with Gasteiger partial charge in [-0.05, 0) is 42.3 Å². The molecule has 0 unspecified atom stereocenters. The number of nitriles is 1.